The molecule has 1 aromatic heterocycles. The smallest absolute Gasteiger partial charge is 0.148 e. The van der Waals surface area contributed by atoms with Crippen molar-refractivity contribution in [3.63, 3.8) is 0 Å². The number of rotatable bonds is 3. The fourth-order valence-electron chi connectivity index (χ4n) is 1.08. The lowest BCUT2D eigenvalue weighted by atomic mass is 9.92. The second-order valence-corrected chi connectivity index (χ2v) is 4.48. The van der Waals surface area contributed by atoms with Crippen molar-refractivity contribution in [2.75, 3.05) is 11.9 Å². The molecule has 0 aliphatic rings. The third-order valence-electron chi connectivity index (χ3n) is 1.99. The summed E-state index contributed by atoms with van der Waals surface area (Å²) in [6.07, 6.45) is 1.10. The Kier molecular flexibility index (Phi) is 3.44. The summed E-state index contributed by atoms with van der Waals surface area (Å²) >= 11 is 0. The maximum absolute atomic E-state index is 4.19. The molecular weight excluding hydrogens is 174 g/mol. The summed E-state index contributed by atoms with van der Waals surface area (Å²) in [5.74, 6) is 0.861. The van der Waals surface area contributed by atoms with Gasteiger partial charge >= 0.3 is 0 Å². The van der Waals surface area contributed by atoms with Crippen molar-refractivity contribution in [1.29, 1.82) is 0 Å². The quantitative estimate of drug-likeness (QED) is 0.801. The van der Waals surface area contributed by atoms with E-state index in [9.17, 15) is 0 Å². The lowest BCUT2D eigenvalue weighted by molar-refractivity contribution is 0.559. The van der Waals surface area contributed by atoms with Gasteiger partial charge in [0.05, 0.1) is 5.69 Å². The van der Waals surface area contributed by atoms with Gasteiger partial charge < -0.3 is 5.32 Å². The van der Waals surface area contributed by atoms with E-state index in [4.69, 9.17) is 0 Å². The SMILES string of the molecule is CCCNc1ccc(C(C)(C)C)nn1. The van der Waals surface area contributed by atoms with Gasteiger partial charge in [0.25, 0.3) is 0 Å². The van der Waals surface area contributed by atoms with E-state index in [1.165, 1.54) is 0 Å². The first kappa shape index (κ1) is 11.0. The van der Waals surface area contributed by atoms with Crippen LogP contribution in [0.15, 0.2) is 12.1 Å². The van der Waals surface area contributed by atoms with Crippen LogP contribution in [0, 0.1) is 0 Å². The van der Waals surface area contributed by atoms with Crippen LogP contribution >= 0.6 is 0 Å². The topological polar surface area (TPSA) is 37.8 Å². The maximum Gasteiger partial charge on any atom is 0.148 e. The molecule has 0 unspecified atom stereocenters. The highest BCUT2D eigenvalue weighted by Gasteiger charge is 2.15. The fraction of sp³-hybridized carbons (Fsp3) is 0.636. The zero-order chi connectivity index (χ0) is 10.6. The molecule has 14 heavy (non-hydrogen) atoms. The molecule has 78 valence electrons. The Balaban J connectivity index is 2.69. The molecule has 0 saturated heterocycles. The predicted octanol–water partition coefficient (Wildman–Crippen LogP) is 2.60. The average Bonchev–Trinajstić information content (AvgIpc) is 2.14. The van der Waals surface area contributed by atoms with Gasteiger partial charge in [0.2, 0.25) is 0 Å². The predicted molar refractivity (Wildman–Crippen MR) is 59.5 cm³/mol. The number of nitrogens with zero attached hydrogens (tertiary/aromatic N) is 2. The molecule has 1 heterocycles. The molecule has 0 aliphatic heterocycles. The van der Waals surface area contributed by atoms with Gasteiger partial charge in [-0.25, -0.2) is 0 Å². The minimum atomic E-state index is 0.0796. The lowest BCUT2D eigenvalue weighted by Gasteiger charge is -2.16. The van der Waals surface area contributed by atoms with Crippen molar-refractivity contribution in [2.45, 2.75) is 39.5 Å². The number of aromatic nitrogens is 2. The molecule has 1 rings (SSSR count). The average molecular weight is 193 g/mol. The van der Waals surface area contributed by atoms with E-state index in [0.717, 1.165) is 24.5 Å². The van der Waals surface area contributed by atoms with E-state index in [0.29, 0.717) is 0 Å². The van der Waals surface area contributed by atoms with Gasteiger partial charge in [-0.1, -0.05) is 27.7 Å². The van der Waals surface area contributed by atoms with Gasteiger partial charge in [-0.3, -0.25) is 0 Å². The molecule has 0 atom stereocenters. The molecule has 0 amide bonds. The summed E-state index contributed by atoms with van der Waals surface area (Å²) in [7, 11) is 0. The van der Waals surface area contributed by atoms with Gasteiger partial charge in [-0.15, -0.1) is 5.10 Å². The van der Waals surface area contributed by atoms with Crippen molar-refractivity contribution >= 4 is 5.82 Å². The van der Waals surface area contributed by atoms with Crippen LogP contribution in [0.4, 0.5) is 5.82 Å². The lowest BCUT2D eigenvalue weighted by Crippen LogP contribution is -2.15. The molecule has 1 aromatic rings. The van der Waals surface area contributed by atoms with Crippen LogP contribution in [-0.2, 0) is 5.41 Å². The normalized spacial score (nSPS) is 11.4. The van der Waals surface area contributed by atoms with Crippen LogP contribution in [0.3, 0.4) is 0 Å². The Labute approximate surface area is 85.9 Å². The summed E-state index contributed by atoms with van der Waals surface area (Å²) in [5.41, 5.74) is 1.11. The number of hydrogen-bond donors (Lipinski definition) is 1. The van der Waals surface area contributed by atoms with E-state index < -0.39 is 0 Å². The number of anilines is 1. The fourth-order valence-corrected chi connectivity index (χ4v) is 1.08. The van der Waals surface area contributed by atoms with Crippen molar-refractivity contribution in [3.8, 4) is 0 Å². The Morgan fingerprint density at radius 3 is 2.36 bits per heavy atom. The first-order valence-electron chi connectivity index (χ1n) is 5.12. The first-order valence-corrected chi connectivity index (χ1v) is 5.12. The molecule has 0 aromatic carbocycles. The molecule has 0 radical (unpaired) electrons. The Hall–Kier alpha value is -1.12. The Morgan fingerprint density at radius 2 is 1.93 bits per heavy atom. The van der Waals surface area contributed by atoms with Crippen LogP contribution < -0.4 is 5.32 Å². The third kappa shape index (κ3) is 2.98. The summed E-state index contributed by atoms with van der Waals surface area (Å²) in [6.45, 7) is 9.48. The van der Waals surface area contributed by atoms with Gasteiger partial charge in [-0.05, 0) is 18.6 Å². The molecule has 0 spiro atoms. The highest BCUT2D eigenvalue weighted by Crippen LogP contribution is 2.19. The molecule has 1 N–H and O–H groups in total. The van der Waals surface area contributed by atoms with Crippen LogP contribution in [0.5, 0.6) is 0 Å². The Morgan fingerprint density at radius 1 is 1.21 bits per heavy atom. The Bertz CT molecular complexity index is 272. The minimum Gasteiger partial charge on any atom is -0.369 e. The monoisotopic (exact) mass is 193 g/mol. The highest BCUT2D eigenvalue weighted by molar-refractivity contribution is 5.33. The standard InChI is InChI=1S/C11H19N3/c1-5-8-12-10-7-6-9(13-14-10)11(2,3)4/h6-7H,5,8H2,1-4H3,(H,12,14). The summed E-state index contributed by atoms with van der Waals surface area (Å²) in [4.78, 5) is 0. The van der Waals surface area contributed by atoms with E-state index in [2.05, 4.69) is 43.2 Å². The maximum atomic E-state index is 4.19. The van der Waals surface area contributed by atoms with Crippen molar-refractivity contribution in [1.82, 2.24) is 10.2 Å². The minimum absolute atomic E-state index is 0.0796. The molecule has 0 saturated carbocycles. The first-order chi connectivity index (χ1) is 6.54. The second-order valence-electron chi connectivity index (χ2n) is 4.48. The van der Waals surface area contributed by atoms with E-state index in [1.807, 2.05) is 12.1 Å². The van der Waals surface area contributed by atoms with Gasteiger partial charge in [0, 0.05) is 12.0 Å². The van der Waals surface area contributed by atoms with Crippen molar-refractivity contribution < 1.29 is 0 Å². The van der Waals surface area contributed by atoms with Gasteiger partial charge in [-0.2, -0.15) is 5.10 Å². The zero-order valence-electron chi connectivity index (χ0n) is 9.46. The summed E-state index contributed by atoms with van der Waals surface area (Å²) in [5, 5.41) is 11.5. The third-order valence-corrected chi connectivity index (χ3v) is 1.99. The largest absolute Gasteiger partial charge is 0.369 e. The van der Waals surface area contributed by atoms with E-state index >= 15 is 0 Å². The van der Waals surface area contributed by atoms with E-state index in [1.54, 1.807) is 0 Å². The summed E-state index contributed by atoms with van der Waals surface area (Å²) in [6, 6.07) is 4.02. The van der Waals surface area contributed by atoms with Gasteiger partial charge in [0.1, 0.15) is 5.82 Å². The van der Waals surface area contributed by atoms with Crippen LogP contribution in [-0.4, -0.2) is 16.7 Å². The molecule has 3 heteroatoms. The number of nitrogens with one attached hydrogen (secondary N) is 1. The molecule has 0 fully saturated rings. The number of hydrogen-bond acceptors (Lipinski definition) is 3. The van der Waals surface area contributed by atoms with Crippen LogP contribution in [0.2, 0.25) is 0 Å². The zero-order valence-corrected chi connectivity index (χ0v) is 9.46. The van der Waals surface area contributed by atoms with Crippen LogP contribution in [0.25, 0.3) is 0 Å². The van der Waals surface area contributed by atoms with E-state index in [-0.39, 0.29) is 5.41 Å². The molecule has 0 bridgehead atoms. The van der Waals surface area contributed by atoms with Crippen LogP contribution in [0.1, 0.15) is 39.8 Å². The van der Waals surface area contributed by atoms with Crippen molar-refractivity contribution in [2.24, 2.45) is 0 Å². The second kappa shape index (κ2) is 4.40. The summed E-state index contributed by atoms with van der Waals surface area (Å²) < 4.78 is 0. The van der Waals surface area contributed by atoms with Crippen molar-refractivity contribution in [3.05, 3.63) is 17.8 Å². The molecule has 3 nitrogen and oxygen atoms in total. The molecular formula is C11H19N3. The molecule has 0 aliphatic carbocycles. The van der Waals surface area contributed by atoms with Gasteiger partial charge in [0.15, 0.2) is 0 Å². The highest BCUT2D eigenvalue weighted by atomic mass is 15.2.